The van der Waals surface area contributed by atoms with Gasteiger partial charge in [0.2, 0.25) is 0 Å². The van der Waals surface area contributed by atoms with Gasteiger partial charge >= 0.3 is 19.8 Å². The number of unbranched alkanes of at least 4 members (excludes halogenated alkanes) is 41. The van der Waals surface area contributed by atoms with Gasteiger partial charge in [0.15, 0.2) is 6.10 Å². The fourth-order valence-corrected chi connectivity index (χ4v) is 10.7. The molecule has 0 fully saturated rings. The molecule has 0 aromatic rings. The molecule has 10 heteroatoms. The van der Waals surface area contributed by atoms with Crippen LogP contribution in [0.2, 0.25) is 0 Å². The molecule has 0 aromatic carbocycles. The molecule has 0 amide bonds. The van der Waals surface area contributed by atoms with Crippen LogP contribution in [0.15, 0.2) is 60.8 Å². The monoisotopic (exact) mass is 1130 g/mol. The van der Waals surface area contributed by atoms with E-state index in [-0.39, 0.29) is 38.6 Å². The Morgan fingerprint density at radius 2 is 0.696 bits per heavy atom. The minimum atomic E-state index is -4.39. The predicted octanol–water partition coefficient (Wildman–Crippen LogP) is 21.9. The number of esters is 2. The van der Waals surface area contributed by atoms with Crippen molar-refractivity contribution >= 4 is 19.8 Å². The number of nitrogens with two attached hydrogens (primary N) is 1. The lowest BCUT2D eigenvalue weighted by atomic mass is 10.0. The maximum absolute atomic E-state index is 12.7. The quantitative estimate of drug-likeness (QED) is 0.0264. The Hall–Kier alpha value is -2.29. The summed E-state index contributed by atoms with van der Waals surface area (Å²) in [4.78, 5) is 35.3. The molecule has 0 aromatic heterocycles. The van der Waals surface area contributed by atoms with Crippen LogP contribution in [0.4, 0.5) is 0 Å². The predicted molar refractivity (Wildman–Crippen MR) is 340 cm³/mol. The van der Waals surface area contributed by atoms with Crippen molar-refractivity contribution in [3.63, 3.8) is 0 Å². The van der Waals surface area contributed by atoms with Crippen LogP contribution in [0, 0.1) is 0 Å². The Balaban J connectivity index is 3.82. The topological polar surface area (TPSA) is 134 Å². The lowest BCUT2D eigenvalue weighted by Gasteiger charge is -2.19. The summed E-state index contributed by atoms with van der Waals surface area (Å²) in [5.74, 6) is -0.819. The molecular formula is C69H128NO8P. The summed E-state index contributed by atoms with van der Waals surface area (Å²) in [6, 6.07) is 0. The minimum Gasteiger partial charge on any atom is -0.462 e. The number of carbonyl (C=O) groups excluding carboxylic acids is 2. The van der Waals surface area contributed by atoms with Gasteiger partial charge in [-0.1, -0.05) is 306 Å². The van der Waals surface area contributed by atoms with E-state index in [9.17, 15) is 19.0 Å². The standard InChI is InChI=1S/C69H128NO8P/c1-3-5-7-9-11-13-15-17-19-21-23-25-27-28-29-30-31-32-33-34-35-36-37-38-40-41-43-45-47-49-51-53-55-57-59-61-68(71)75-65-67(66-77-79(73,74)76-64-63-70)78-69(72)62-60-58-56-54-52-50-48-46-44-42-39-26-24-22-20-18-16-14-12-10-8-6-4-2/h6,8,12,14,18,20-21,23-24,26,67H,3-5,7,9-11,13,15-17,19,22,25,27-66,70H2,1-2H3,(H,73,74)/b8-6-,14-12-,20-18-,23-21-,26-24-. The van der Waals surface area contributed by atoms with E-state index < -0.39 is 26.5 Å². The average Bonchev–Trinajstić information content (AvgIpc) is 3.44. The van der Waals surface area contributed by atoms with Gasteiger partial charge in [0, 0.05) is 19.4 Å². The van der Waals surface area contributed by atoms with E-state index in [1.54, 1.807) is 0 Å². The summed E-state index contributed by atoms with van der Waals surface area (Å²) in [6.07, 6.45) is 83.2. The normalized spacial score (nSPS) is 13.3. The van der Waals surface area contributed by atoms with Crippen LogP contribution in [0.3, 0.4) is 0 Å². The summed E-state index contributed by atoms with van der Waals surface area (Å²) in [5, 5.41) is 0. The van der Waals surface area contributed by atoms with Gasteiger partial charge in [-0.15, -0.1) is 0 Å². The number of ether oxygens (including phenoxy) is 2. The van der Waals surface area contributed by atoms with Crippen molar-refractivity contribution in [2.24, 2.45) is 5.73 Å². The van der Waals surface area contributed by atoms with Gasteiger partial charge in [0.05, 0.1) is 13.2 Å². The molecule has 0 bridgehead atoms. The Morgan fingerprint density at radius 3 is 1.05 bits per heavy atom. The second-order valence-corrected chi connectivity index (χ2v) is 24.1. The maximum Gasteiger partial charge on any atom is 0.472 e. The highest BCUT2D eigenvalue weighted by molar-refractivity contribution is 7.47. The molecule has 0 aliphatic carbocycles. The van der Waals surface area contributed by atoms with Crippen LogP contribution in [0.25, 0.3) is 0 Å². The molecule has 2 unspecified atom stereocenters. The Labute approximate surface area is 489 Å². The molecular weight excluding hydrogens is 1000 g/mol. The van der Waals surface area contributed by atoms with Crippen molar-refractivity contribution in [3.8, 4) is 0 Å². The second kappa shape index (κ2) is 64.9. The lowest BCUT2D eigenvalue weighted by Crippen LogP contribution is -2.29. The van der Waals surface area contributed by atoms with E-state index in [0.29, 0.717) is 6.42 Å². The van der Waals surface area contributed by atoms with Crippen LogP contribution in [-0.4, -0.2) is 49.3 Å². The maximum atomic E-state index is 12.7. The largest absolute Gasteiger partial charge is 0.472 e. The minimum absolute atomic E-state index is 0.0523. The zero-order valence-corrected chi connectivity index (χ0v) is 52.8. The molecule has 0 saturated heterocycles. The van der Waals surface area contributed by atoms with Crippen LogP contribution in [0.5, 0.6) is 0 Å². The Morgan fingerprint density at radius 1 is 0.392 bits per heavy atom. The van der Waals surface area contributed by atoms with E-state index in [1.165, 1.54) is 231 Å². The van der Waals surface area contributed by atoms with Crippen molar-refractivity contribution in [3.05, 3.63) is 60.8 Å². The van der Waals surface area contributed by atoms with Gasteiger partial charge < -0.3 is 20.1 Å². The third-order valence-electron chi connectivity index (χ3n) is 14.9. The Bertz CT molecular complexity index is 1480. The van der Waals surface area contributed by atoms with E-state index in [4.69, 9.17) is 24.3 Å². The fraction of sp³-hybridized carbons (Fsp3) is 0.826. The third-order valence-corrected chi connectivity index (χ3v) is 15.9. The lowest BCUT2D eigenvalue weighted by molar-refractivity contribution is -0.161. The second-order valence-electron chi connectivity index (χ2n) is 22.7. The first-order valence-corrected chi connectivity index (χ1v) is 35.3. The van der Waals surface area contributed by atoms with Gasteiger partial charge in [-0.05, 0) is 77.0 Å². The molecule has 2 atom stereocenters. The Kier molecular flexibility index (Phi) is 63.0. The first-order valence-electron chi connectivity index (χ1n) is 33.8. The molecule has 462 valence electrons. The summed E-state index contributed by atoms with van der Waals surface area (Å²) >= 11 is 0. The summed E-state index contributed by atoms with van der Waals surface area (Å²) in [5.41, 5.74) is 5.40. The van der Waals surface area contributed by atoms with Crippen LogP contribution < -0.4 is 5.73 Å². The molecule has 0 aliphatic heterocycles. The zero-order valence-electron chi connectivity index (χ0n) is 51.9. The first-order chi connectivity index (χ1) is 38.8. The molecule has 0 aliphatic rings. The van der Waals surface area contributed by atoms with Gasteiger partial charge in [-0.3, -0.25) is 18.6 Å². The SMILES string of the molecule is CC/C=C\C/C=C\C/C=C\C/C=C\CCCCCCCCCCCCC(=O)OC(COC(=O)CCCCCCCCCCCCCCCCCCCCCCCCC/C=C\CCCCCCCCCC)COP(=O)(O)OCCN. The van der Waals surface area contributed by atoms with Crippen molar-refractivity contribution in [1.82, 2.24) is 0 Å². The number of allylic oxidation sites excluding steroid dienone is 10. The van der Waals surface area contributed by atoms with Crippen LogP contribution in [-0.2, 0) is 32.7 Å². The van der Waals surface area contributed by atoms with Crippen molar-refractivity contribution < 1.29 is 37.6 Å². The van der Waals surface area contributed by atoms with Crippen LogP contribution >= 0.6 is 7.82 Å². The average molecular weight is 1130 g/mol. The summed E-state index contributed by atoms with van der Waals surface area (Å²) in [7, 11) is -4.39. The number of phosphoric ester groups is 1. The third kappa shape index (κ3) is 64.7. The van der Waals surface area contributed by atoms with E-state index >= 15 is 0 Å². The molecule has 0 radical (unpaired) electrons. The molecule has 3 N–H and O–H groups in total. The molecule has 0 spiro atoms. The highest BCUT2D eigenvalue weighted by Crippen LogP contribution is 2.43. The molecule has 9 nitrogen and oxygen atoms in total. The number of carbonyl (C=O) groups is 2. The van der Waals surface area contributed by atoms with E-state index in [1.807, 2.05) is 0 Å². The summed E-state index contributed by atoms with van der Waals surface area (Å²) < 4.78 is 33.1. The highest BCUT2D eigenvalue weighted by Gasteiger charge is 2.26. The first kappa shape index (κ1) is 76.7. The van der Waals surface area contributed by atoms with Gasteiger partial charge in [-0.25, -0.2) is 4.57 Å². The van der Waals surface area contributed by atoms with Gasteiger partial charge in [0.25, 0.3) is 0 Å². The van der Waals surface area contributed by atoms with Crippen LogP contribution in [0.1, 0.15) is 335 Å². The van der Waals surface area contributed by atoms with E-state index in [2.05, 4.69) is 74.6 Å². The fourth-order valence-electron chi connectivity index (χ4n) is 9.92. The van der Waals surface area contributed by atoms with Crippen molar-refractivity contribution in [2.45, 2.75) is 341 Å². The van der Waals surface area contributed by atoms with E-state index in [0.717, 1.165) is 70.6 Å². The molecule has 0 rings (SSSR count). The number of phosphoric acid groups is 1. The van der Waals surface area contributed by atoms with Crippen molar-refractivity contribution in [2.75, 3.05) is 26.4 Å². The van der Waals surface area contributed by atoms with Gasteiger partial charge in [0.1, 0.15) is 6.61 Å². The molecule has 0 saturated carbocycles. The zero-order chi connectivity index (χ0) is 57.3. The number of rotatable bonds is 64. The molecule has 0 heterocycles. The number of hydrogen-bond acceptors (Lipinski definition) is 8. The highest BCUT2D eigenvalue weighted by atomic mass is 31.2. The summed E-state index contributed by atoms with van der Waals surface area (Å²) in [6.45, 7) is 3.67. The molecule has 79 heavy (non-hydrogen) atoms. The van der Waals surface area contributed by atoms with Gasteiger partial charge in [-0.2, -0.15) is 0 Å². The smallest absolute Gasteiger partial charge is 0.462 e. The number of hydrogen-bond donors (Lipinski definition) is 2. The van der Waals surface area contributed by atoms with Crippen molar-refractivity contribution in [1.29, 1.82) is 0 Å².